The summed E-state index contributed by atoms with van der Waals surface area (Å²) in [6.45, 7) is 7.72. The molecule has 0 fully saturated rings. The van der Waals surface area contributed by atoms with Gasteiger partial charge in [-0.25, -0.2) is 4.79 Å². The molecule has 6 rings (SSSR count). The monoisotopic (exact) mass is 714 g/mol. The number of hydrogen-bond donors (Lipinski definition) is 1. The fraction of sp³-hybridized carbons (Fsp3) is 0.237. The minimum atomic E-state index is -1.34. The number of methoxy groups -OCH3 is 1. The van der Waals surface area contributed by atoms with E-state index in [4.69, 9.17) is 23.7 Å². The number of carboxylic acids is 1. The summed E-state index contributed by atoms with van der Waals surface area (Å²) in [5, 5.41) is 16.2. The SMILES string of the molecule is CCOc1nc2c(Cc3ccc(OC(=O)C(C)(C)C)c(OC)c3)ccc(C(=O)[O-])c2n1Cc1ccc(-c2ccccc2-c2noc(=O)[nH]2)cc1.[K+]. The van der Waals surface area contributed by atoms with Crippen LogP contribution in [-0.2, 0) is 17.8 Å². The van der Waals surface area contributed by atoms with Gasteiger partial charge in [-0.1, -0.05) is 71.9 Å². The van der Waals surface area contributed by atoms with Crippen molar-refractivity contribution >= 4 is 23.0 Å². The Morgan fingerprint density at radius 1 is 0.941 bits per heavy atom. The molecule has 0 aliphatic carbocycles. The predicted octanol–water partition coefficient (Wildman–Crippen LogP) is 2.41. The van der Waals surface area contributed by atoms with Crippen LogP contribution >= 0.6 is 0 Å². The van der Waals surface area contributed by atoms with Gasteiger partial charge in [0.05, 0.1) is 42.7 Å². The summed E-state index contributed by atoms with van der Waals surface area (Å²) in [7, 11) is 1.50. The van der Waals surface area contributed by atoms with E-state index in [1.54, 1.807) is 43.5 Å². The standard InChI is InChI=1S/C38H36N4O8.K/c1-6-48-36-39-31-25(19-23-13-18-29(30(20-23)47-5)49-35(45)38(2,3)4)16-17-28(34(43)44)32(31)42(36)21-22-11-14-24(15-12-22)26-9-7-8-10-27(26)33-40-37(46)50-41-33;/h7-18,20H,6,19,21H2,1-5H3,(H,43,44)(H,40,41,46);/q;+1/p-1. The fourth-order valence-electron chi connectivity index (χ4n) is 5.60. The number of imidazole rings is 1. The molecular weight excluding hydrogens is 680 g/mol. The first-order valence-corrected chi connectivity index (χ1v) is 16.0. The van der Waals surface area contributed by atoms with Crippen LogP contribution in [0.2, 0.25) is 0 Å². The fourth-order valence-corrected chi connectivity index (χ4v) is 5.60. The first-order valence-electron chi connectivity index (χ1n) is 16.0. The number of nitrogens with zero attached hydrogens (tertiary/aromatic N) is 3. The van der Waals surface area contributed by atoms with E-state index < -0.39 is 17.1 Å². The average molecular weight is 715 g/mol. The molecule has 0 aliphatic rings. The van der Waals surface area contributed by atoms with Gasteiger partial charge in [0.25, 0.3) is 6.01 Å². The molecule has 0 atom stereocenters. The first-order chi connectivity index (χ1) is 24.0. The van der Waals surface area contributed by atoms with Gasteiger partial charge in [0.1, 0.15) is 0 Å². The minimum absolute atomic E-state index is 0. The Bertz CT molecular complexity index is 2260. The molecule has 0 saturated carbocycles. The third-order valence-electron chi connectivity index (χ3n) is 8.10. The zero-order valence-electron chi connectivity index (χ0n) is 29.2. The summed E-state index contributed by atoms with van der Waals surface area (Å²) in [6.07, 6.45) is 0.376. The van der Waals surface area contributed by atoms with Crippen LogP contribution in [0.5, 0.6) is 17.5 Å². The number of carbonyl (C=O) groups is 2. The topological polar surface area (TPSA) is 162 Å². The number of carboxylic acid groups (broad SMARTS) is 1. The van der Waals surface area contributed by atoms with Crippen molar-refractivity contribution in [2.24, 2.45) is 5.41 Å². The maximum absolute atomic E-state index is 12.5. The molecule has 0 radical (unpaired) electrons. The predicted molar refractivity (Wildman–Crippen MR) is 183 cm³/mol. The Morgan fingerprint density at radius 3 is 2.27 bits per heavy atom. The number of aromatic nitrogens is 4. The van der Waals surface area contributed by atoms with Gasteiger partial charge in [0.2, 0.25) is 0 Å². The molecule has 12 nitrogen and oxygen atoms in total. The van der Waals surface area contributed by atoms with Crippen LogP contribution in [0.3, 0.4) is 0 Å². The number of rotatable bonds is 11. The largest absolute Gasteiger partial charge is 1.00 e. The quantitative estimate of drug-likeness (QED) is 0.120. The van der Waals surface area contributed by atoms with E-state index in [1.165, 1.54) is 13.2 Å². The van der Waals surface area contributed by atoms with Crippen molar-refractivity contribution in [1.29, 1.82) is 0 Å². The number of hydrogen-bond acceptors (Lipinski definition) is 10. The molecule has 0 amide bonds. The molecule has 13 heteroatoms. The zero-order chi connectivity index (χ0) is 35.6. The molecule has 256 valence electrons. The van der Waals surface area contributed by atoms with Gasteiger partial charge in [-0.3, -0.25) is 18.9 Å². The minimum Gasteiger partial charge on any atom is -0.545 e. The second-order valence-electron chi connectivity index (χ2n) is 12.7. The number of esters is 1. The number of carbonyl (C=O) groups excluding carboxylic acids is 2. The number of ether oxygens (including phenoxy) is 3. The Kier molecular flexibility index (Phi) is 11.7. The van der Waals surface area contributed by atoms with Crippen LogP contribution < -0.4 is 76.5 Å². The van der Waals surface area contributed by atoms with E-state index in [2.05, 4.69) is 10.1 Å². The van der Waals surface area contributed by atoms with Crippen LogP contribution in [0, 0.1) is 5.41 Å². The average Bonchev–Trinajstić information content (AvgIpc) is 3.69. The van der Waals surface area contributed by atoms with E-state index in [0.29, 0.717) is 46.9 Å². The Morgan fingerprint density at radius 2 is 1.65 bits per heavy atom. The van der Waals surface area contributed by atoms with Gasteiger partial charge < -0.3 is 24.1 Å². The maximum Gasteiger partial charge on any atom is 1.00 e. The van der Waals surface area contributed by atoms with Crippen molar-refractivity contribution in [3.8, 4) is 40.0 Å². The summed E-state index contributed by atoms with van der Waals surface area (Å²) in [6, 6.07) is 24.0. The van der Waals surface area contributed by atoms with Crippen LogP contribution in [0.4, 0.5) is 0 Å². The number of nitrogens with one attached hydrogen (secondary N) is 1. The third-order valence-corrected chi connectivity index (χ3v) is 8.10. The number of aromatic carboxylic acids is 1. The molecule has 0 bridgehead atoms. The summed E-state index contributed by atoms with van der Waals surface area (Å²) in [5.74, 6) is -1.35. The molecule has 51 heavy (non-hydrogen) atoms. The van der Waals surface area contributed by atoms with E-state index in [0.717, 1.165) is 27.8 Å². The Labute approximate surface area is 336 Å². The summed E-state index contributed by atoms with van der Waals surface area (Å²) < 4.78 is 23.5. The molecule has 2 aromatic heterocycles. The van der Waals surface area contributed by atoms with E-state index in [1.807, 2.05) is 61.5 Å². The van der Waals surface area contributed by atoms with Gasteiger partial charge in [0, 0.05) is 11.1 Å². The van der Waals surface area contributed by atoms with E-state index >= 15 is 0 Å². The first kappa shape index (κ1) is 37.7. The van der Waals surface area contributed by atoms with Crippen LogP contribution in [-0.4, -0.2) is 45.3 Å². The van der Waals surface area contributed by atoms with Gasteiger partial charge in [-0.2, -0.15) is 4.98 Å². The van der Waals surface area contributed by atoms with Crippen LogP contribution in [0.15, 0.2) is 88.2 Å². The number of benzene rings is 4. The Balaban J connectivity index is 0.00000504. The molecule has 1 N–H and O–H groups in total. The van der Waals surface area contributed by atoms with E-state index in [-0.39, 0.29) is 75.5 Å². The van der Waals surface area contributed by atoms with Crippen molar-refractivity contribution in [1.82, 2.24) is 19.7 Å². The molecule has 0 unspecified atom stereocenters. The molecule has 6 aromatic rings. The molecular formula is C38H35KN4O8. The number of fused-ring (bicyclic) bond motifs is 1. The van der Waals surface area contributed by atoms with Crippen molar-refractivity contribution in [2.45, 2.75) is 40.7 Å². The third kappa shape index (κ3) is 8.18. The van der Waals surface area contributed by atoms with Gasteiger partial charge in [-0.05, 0) is 74.1 Å². The number of H-pyrrole nitrogens is 1. The molecule has 2 heterocycles. The van der Waals surface area contributed by atoms with E-state index in [9.17, 15) is 19.5 Å². The second-order valence-corrected chi connectivity index (χ2v) is 12.7. The molecule has 4 aromatic carbocycles. The maximum atomic E-state index is 12.5. The summed E-state index contributed by atoms with van der Waals surface area (Å²) in [5.41, 5.74) is 4.99. The summed E-state index contributed by atoms with van der Waals surface area (Å²) >= 11 is 0. The zero-order valence-corrected chi connectivity index (χ0v) is 32.4. The van der Waals surface area contributed by atoms with Gasteiger partial charge in [0.15, 0.2) is 17.3 Å². The Hall–Kier alpha value is -4.53. The molecule has 0 aliphatic heterocycles. The number of aromatic amines is 1. The van der Waals surface area contributed by atoms with Crippen molar-refractivity contribution in [3.05, 3.63) is 112 Å². The smallest absolute Gasteiger partial charge is 0.545 e. The van der Waals surface area contributed by atoms with Gasteiger partial charge in [-0.15, -0.1) is 0 Å². The van der Waals surface area contributed by atoms with Crippen LogP contribution in [0.1, 0.15) is 54.7 Å². The van der Waals surface area contributed by atoms with Crippen molar-refractivity contribution < 1.29 is 84.8 Å². The van der Waals surface area contributed by atoms with Crippen molar-refractivity contribution in [2.75, 3.05) is 13.7 Å². The normalized spacial score (nSPS) is 11.2. The van der Waals surface area contributed by atoms with Crippen molar-refractivity contribution in [3.63, 3.8) is 0 Å². The van der Waals surface area contributed by atoms with Crippen LogP contribution in [0.25, 0.3) is 33.5 Å². The van der Waals surface area contributed by atoms with Gasteiger partial charge >= 0.3 is 63.1 Å². The second kappa shape index (κ2) is 15.8. The summed E-state index contributed by atoms with van der Waals surface area (Å²) in [4.78, 5) is 43.9. The molecule has 0 saturated heterocycles. The molecule has 0 spiro atoms.